The number of amides is 1. The summed E-state index contributed by atoms with van der Waals surface area (Å²) in [4.78, 5) is 14.2. The van der Waals surface area contributed by atoms with Gasteiger partial charge in [-0.15, -0.1) is 0 Å². The highest BCUT2D eigenvalue weighted by atomic mass is 16.5. The molecule has 5 nitrogen and oxygen atoms in total. The Morgan fingerprint density at radius 3 is 3.16 bits per heavy atom. The summed E-state index contributed by atoms with van der Waals surface area (Å²) in [6, 6.07) is 7.57. The summed E-state index contributed by atoms with van der Waals surface area (Å²) in [5.41, 5.74) is 7.66. The molecule has 104 valence electrons. The summed E-state index contributed by atoms with van der Waals surface area (Å²) in [5.74, 6) is 0.0334. The van der Waals surface area contributed by atoms with Crippen molar-refractivity contribution >= 4 is 11.6 Å². The number of morpholine rings is 1. The van der Waals surface area contributed by atoms with Crippen molar-refractivity contribution in [3.8, 4) is 0 Å². The van der Waals surface area contributed by atoms with E-state index in [-0.39, 0.29) is 11.9 Å². The molecule has 5 heteroatoms. The standard InChI is InChI=1S/C14H21N3O2/c1-2-16-14(18)13-10-19-7-6-17(13)9-11-4-3-5-12(15)8-11/h3-5,8,13H,2,6-7,9-10,15H2,1H3,(H,16,18). The summed E-state index contributed by atoms with van der Waals surface area (Å²) < 4.78 is 5.41. The highest BCUT2D eigenvalue weighted by Crippen LogP contribution is 2.14. The van der Waals surface area contributed by atoms with Crippen LogP contribution in [0.15, 0.2) is 24.3 Å². The van der Waals surface area contributed by atoms with Crippen LogP contribution in [0.25, 0.3) is 0 Å². The summed E-state index contributed by atoms with van der Waals surface area (Å²) in [5, 5.41) is 2.86. The van der Waals surface area contributed by atoms with Crippen LogP contribution in [0.2, 0.25) is 0 Å². The number of benzene rings is 1. The second kappa shape index (κ2) is 6.54. The summed E-state index contributed by atoms with van der Waals surface area (Å²) in [6.07, 6.45) is 0. The number of nitrogen functional groups attached to an aromatic ring is 1. The number of likely N-dealkylation sites (N-methyl/N-ethyl adjacent to an activating group) is 1. The molecule has 2 rings (SSSR count). The lowest BCUT2D eigenvalue weighted by molar-refractivity contribution is -0.132. The van der Waals surface area contributed by atoms with Gasteiger partial charge in [0.15, 0.2) is 0 Å². The van der Waals surface area contributed by atoms with Gasteiger partial charge in [0.05, 0.1) is 13.2 Å². The lowest BCUT2D eigenvalue weighted by atomic mass is 10.1. The van der Waals surface area contributed by atoms with Crippen molar-refractivity contribution in [1.29, 1.82) is 0 Å². The fourth-order valence-corrected chi connectivity index (χ4v) is 2.29. The molecule has 1 aromatic rings. The molecule has 0 bridgehead atoms. The number of rotatable bonds is 4. The Morgan fingerprint density at radius 1 is 1.58 bits per heavy atom. The van der Waals surface area contributed by atoms with Gasteiger partial charge in [-0.2, -0.15) is 0 Å². The average molecular weight is 263 g/mol. The summed E-state index contributed by atoms with van der Waals surface area (Å²) in [7, 11) is 0. The first-order valence-electron chi connectivity index (χ1n) is 6.64. The van der Waals surface area contributed by atoms with E-state index in [1.54, 1.807) is 0 Å². The van der Waals surface area contributed by atoms with Crippen molar-refractivity contribution in [2.24, 2.45) is 0 Å². The Hall–Kier alpha value is -1.59. The fourth-order valence-electron chi connectivity index (χ4n) is 2.29. The number of hydrogen-bond acceptors (Lipinski definition) is 4. The largest absolute Gasteiger partial charge is 0.399 e. The Labute approximate surface area is 113 Å². The summed E-state index contributed by atoms with van der Waals surface area (Å²) in [6.45, 7) is 5.16. The Bertz CT molecular complexity index is 436. The highest BCUT2D eigenvalue weighted by Gasteiger charge is 2.28. The molecule has 1 amide bonds. The van der Waals surface area contributed by atoms with E-state index in [1.165, 1.54) is 0 Å². The number of anilines is 1. The van der Waals surface area contributed by atoms with E-state index >= 15 is 0 Å². The third-order valence-corrected chi connectivity index (χ3v) is 3.23. The minimum atomic E-state index is -0.213. The third-order valence-electron chi connectivity index (χ3n) is 3.23. The van der Waals surface area contributed by atoms with E-state index in [1.807, 2.05) is 31.2 Å². The molecule has 1 aliphatic heterocycles. The molecular formula is C14H21N3O2. The summed E-state index contributed by atoms with van der Waals surface area (Å²) >= 11 is 0. The SMILES string of the molecule is CCNC(=O)C1COCCN1Cc1cccc(N)c1. The smallest absolute Gasteiger partial charge is 0.239 e. The maximum Gasteiger partial charge on any atom is 0.239 e. The van der Waals surface area contributed by atoms with Crippen LogP contribution < -0.4 is 11.1 Å². The number of nitrogens with zero attached hydrogens (tertiary/aromatic N) is 1. The van der Waals surface area contributed by atoms with Gasteiger partial charge in [0, 0.05) is 25.3 Å². The molecule has 0 spiro atoms. The van der Waals surface area contributed by atoms with E-state index in [9.17, 15) is 4.79 Å². The molecule has 1 aromatic carbocycles. The molecule has 0 saturated carbocycles. The van der Waals surface area contributed by atoms with Crippen LogP contribution in [-0.4, -0.2) is 43.2 Å². The first-order valence-corrected chi connectivity index (χ1v) is 6.64. The van der Waals surface area contributed by atoms with E-state index in [4.69, 9.17) is 10.5 Å². The monoisotopic (exact) mass is 263 g/mol. The zero-order valence-electron chi connectivity index (χ0n) is 11.3. The van der Waals surface area contributed by atoms with Crippen molar-refractivity contribution in [2.75, 3.05) is 32.0 Å². The fraction of sp³-hybridized carbons (Fsp3) is 0.500. The second-order valence-corrected chi connectivity index (χ2v) is 4.70. The number of nitrogens with one attached hydrogen (secondary N) is 1. The van der Waals surface area contributed by atoms with Gasteiger partial charge in [-0.05, 0) is 24.6 Å². The van der Waals surface area contributed by atoms with Gasteiger partial charge < -0.3 is 15.8 Å². The highest BCUT2D eigenvalue weighted by molar-refractivity contribution is 5.81. The quantitative estimate of drug-likeness (QED) is 0.781. The molecule has 1 aliphatic rings. The normalized spacial score (nSPS) is 20.2. The van der Waals surface area contributed by atoms with Gasteiger partial charge in [-0.25, -0.2) is 0 Å². The Balaban J connectivity index is 2.05. The Kier molecular flexibility index (Phi) is 4.76. The molecule has 0 radical (unpaired) electrons. The molecule has 19 heavy (non-hydrogen) atoms. The van der Waals surface area contributed by atoms with E-state index < -0.39 is 0 Å². The van der Waals surface area contributed by atoms with Crippen molar-refractivity contribution in [2.45, 2.75) is 19.5 Å². The van der Waals surface area contributed by atoms with Gasteiger partial charge in [0.2, 0.25) is 5.91 Å². The molecule has 1 saturated heterocycles. The van der Waals surface area contributed by atoms with Crippen LogP contribution in [0.1, 0.15) is 12.5 Å². The average Bonchev–Trinajstić information content (AvgIpc) is 2.39. The van der Waals surface area contributed by atoms with Crippen LogP contribution in [0.3, 0.4) is 0 Å². The van der Waals surface area contributed by atoms with Gasteiger partial charge in [-0.3, -0.25) is 9.69 Å². The zero-order valence-corrected chi connectivity index (χ0v) is 11.3. The molecule has 3 N–H and O–H groups in total. The lowest BCUT2D eigenvalue weighted by Crippen LogP contribution is -2.53. The van der Waals surface area contributed by atoms with Crippen molar-refractivity contribution in [3.63, 3.8) is 0 Å². The molecule has 1 unspecified atom stereocenters. The zero-order chi connectivity index (χ0) is 13.7. The van der Waals surface area contributed by atoms with Crippen LogP contribution in [0.5, 0.6) is 0 Å². The van der Waals surface area contributed by atoms with Crippen molar-refractivity contribution in [1.82, 2.24) is 10.2 Å². The first-order chi connectivity index (χ1) is 9.20. The number of carbonyl (C=O) groups excluding carboxylic acids is 1. The van der Waals surface area contributed by atoms with Crippen LogP contribution in [0, 0.1) is 0 Å². The number of ether oxygens (including phenoxy) is 1. The van der Waals surface area contributed by atoms with Gasteiger partial charge in [-0.1, -0.05) is 12.1 Å². The number of carbonyl (C=O) groups is 1. The maximum absolute atomic E-state index is 12.0. The van der Waals surface area contributed by atoms with Gasteiger partial charge >= 0.3 is 0 Å². The number of nitrogens with two attached hydrogens (primary N) is 1. The van der Waals surface area contributed by atoms with Crippen molar-refractivity contribution < 1.29 is 9.53 Å². The molecule has 1 heterocycles. The minimum Gasteiger partial charge on any atom is -0.399 e. The van der Waals surface area contributed by atoms with Crippen LogP contribution in [0.4, 0.5) is 5.69 Å². The molecule has 0 aliphatic carbocycles. The maximum atomic E-state index is 12.0. The predicted octanol–water partition coefficient (Wildman–Crippen LogP) is 0.606. The minimum absolute atomic E-state index is 0.0334. The van der Waals surface area contributed by atoms with E-state index in [0.717, 1.165) is 24.3 Å². The van der Waals surface area contributed by atoms with Crippen molar-refractivity contribution in [3.05, 3.63) is 29.8 Å². The van der Waals surface area contributed by atoms with E-state index in [2.05, 4.69) is 10.2 Å². The molecule has 1 atom stereocenters. The molecule has 1 fully saturated rings. The van der Waals surface area contributed by atoms with Crippen LogP contribution >= 0.6 is 0 Å². The lowest BCUT2D eigenvalue weighted by Gasteiger charge is -2.34. The first kappa shape index (κ1) is 13.8. The predicted molar refractivity (Wildman–Crippen MR) is 74.6 cm³/mol. The van der Waals surface area contributed by atoms with Gasteiger partial charge in [0.25, 0.3) is 0 Å². The topological polar surface area (TPSA) is 67.6 Å². The second-order valence-electron chi connectivity index (χ2n) is 4.70. The Morgan fingerprint density at radius 2 is 2.42 bits per heavy atom. The molecular weight excluding hydrogens is 242 g/mol. The number of hydrogen-bond donors (Lipinski definition) is 2. The van der Waals surface area contributed by atoms with E-state index in [0.29, 0.717) is 19.8 Å². The van der Waals surface area contributed by atoms with Gasteiger partial charge in [0.1, 0.15) is 6.04 Å². The third kappa shape index (κ3) is 3.68. The molecule has 0 aromatic heterocycles. The van der Waals surface area contributed by atoms with Crippen LogP contribution in [-0.2, 0) is 16.1 Å².